The Morgan fingerprint density at radius 2 is 1.71 bits per heavy atom. The molecule has 0 aliphatic carbocycles. The van der Waals surface area contributed by atoms with Gasteiger partial charge in [0.05, 0.1) is 16.6 Å². The van der Waals surface area contributed by atoms with Gasteiger partial charge in [0.15, 0.2) is 0 Å². The van der Waals surface area contributed by atoms with E-state index in [1.165, 1.54) is 0 Å². The third-order valence-corrected chi connectivity index (χ3v) is 3.80. The third-order valence-electron chi connectivity index (χ3n) is 3.56. The van der Waals surface area contributed by atoms with Gasteiger partial charge in [0, 0.05) is 5.02 Å². The van der Waals surface area contributed by atoms with Gasteiger partial charge in [0.25, 0.3) is 0 Å². The van der Waals surface area contributed by atoms with Crippen LogP contribution in [-0.2, 0) is 0 Å². The minimum Gasteiger partial charge on any atom is -0.507 e. The first-order valence-corrected chi connectivity index (χ1v) is 6.96. The molecule has 0 amide bonds. The highest BCUT2D eigenvalue weighted by atomic mass is 35.5. The van der Waals surface area contributed by atoms with Crippen molar-refractivity contribution in [2.75, 3.05) is 0 Å². The van der Waals surface area contributed by atoms with Gasteiger partial charge in [-0.15, -0.1) is 0 Å². The van der Waals surface area contributed by atoms with Crippen LogP contribution in [0.5, 0.6) is 5.75 Å². The van der Waals surface area contributed by atoms with E-state index < -0.39 is 0 Å². The van der Waals surface area contributed by atoms with Crippen LogP contribution in [0, 0.1) is 0 Å². The van der Waals surface area contributed by atoms with Crippen LogP contribution in [0.15, 0.2) is 54.6 Å². The zero-order valence-electron chi connectivity index (χ0n) is 11.0. The Morgan fingerprint density at radius 1 is 0.952 bits per heavy atom. The molecule has 0 aliphatic heterocycles. The summed E-state index contributed by atoms with van der Waals surface area (Å²) in [6.45, 7) is 0. The average Bonchev–Trinajstić information content (AvgIpc) is 2.89. The van der Waals surface area contributed by atoms with Crippen LogP contribution < -0.4 is 0 Å². The molecule has 1 heterocycles. The topological polar surface area (TPSA) is 48.9 Å². The molecule has 0 fully saturated rings. The number of benzene rings is 3. The maximum atomic E-state index is 9.98. The molecule has 3 aromatic carbocycles. The molecule has 3 nitrogen and oxygen atoms in total. The lowest BCUT2D eigenvalue weighted by Gasteiger charge is -2.00. The van der Waals surface area contributed by atoms with Crippen molar-refractivity contribution in [2.45, 2.75) is 0 Å². The molecule has 0 unspecified atom stereocenters. The minimum atomic E-state index is 0.156. The van der Waals surface area contributed by atoms with Crippen LogP contribution in [0.1, 0.15) is 0 Å². The number of hydrogen-bond acceptors (Lipinski definition) is 2. The molecule has 0 bridgehead atoms. The van der Waals surface area contributed by atoms with Crippen molar-refractivity contribution in [1.29, 1.82) is 0 Å². The molecule has 0 saturated carbocycles. The van der Waals surface area contributed by atoms with Crippen molar-refractivity contribution in [3.8, 4) is 17.1 Å². The standard InChI is InChI=1S/C17H11ClN2O/c18-12-5-6-16(21)13(9-12)17-19-14-7-10-3-1-2-4-11(10)8-15(14)20-17/h1-9,21H,(H,19,20). The highest BCUT2D eigenvalue weighted by Gasteiger charge is 2.11. The number of nitrogens with zero attached hydrogens (tertiary/aromatic N) is 1. The number of fused-ring (bicyclic) bond motifs is 2. The van der Waals surface area contributed by atoms with Gasteiger partial charge < -0.3 is 10.1 Å². The summed E-state index contributed by atoms with van der Waals surface area (Å²) in [5.41, 5.74) is 2.40. The summed E-state index contributed by atoms with van der Waals surface area (Å²) >= 11 is 6.00. The van der Waals surface area contributed by atoms with Gasteiger partial charge in [-0.1, -0.05) is 35.9 Å². The molecule has 0 spiro atoms. The van der Waals surface area contributed by atoms with Gasteiger partial charge in [-0.05, 0) is 41.1 Å². The Hall–Kier alpha value is -2.52. The van der Waals surface area contributed by atoms with Crippen molar-refractivity contribution >= 4 is 33.4 Å². The molecule has 1 aromatic heterocycles. The fourth-order valence-electron chi connectivity index (χ4n) is 2.52. The van der Waals surface area contributed by atoms with E-state index in [0.717, 1.165) is 21.8 Å². The normalized spacial score (nSPS) is 11.3. The van der Waals surface area contributed by atoms with Gasteiger partial charge in [-0.25, -0.2) is 4.98 Å². The number of rotatable bonds is 1. The summed E-state index contributed by atoms with van der Waals surface area (Å²) in [7, 11) is 0. The predicted octanol–water partition coefficient (Wildman–Crippen LogP) is 4.74. The summed E-state index contributed by atoms with van der Waals surface area (Å²) in [5.74, 6) is 0.767. The van der Waals surface area contributed by atoms with Gasteiger partial charge in [0.2, 0.25) is 0 Å². The third kappa shape index (κ3) is 2.03. The SMILES string of the molecule is Oc1ccc(Cl)cc1-c1nc2cc3ccccc3cc2[nH]1. The molecule has 0 atom stereocenters. The Balaban J connectivity index is 1.98. The molecule has 2 N–H and O–H groups in total. The summed E-state index contributed by atoms with van der Waals surface area (Å²) in [5, 5.41) is 12.8. The van der Waals surface area contributed by atoms with Crippen LogP contribution in [0.25, 0.3) is 33.2 Å². The molecule has 4 heteroatoms. The van der Waals surface area contributed by atoms with E-state index in [4.69, 9.17) is 11.6 Å². The van der Waals surface area contributed by atoms with Crippen molar-refractivity contribution in [3.05, 3.63) is 59.6 Å². The zero-order chi connectivity index (χ0) is 14.4. The molecular formula is C17H11ClN2O. The van der Waals surface area contributed by atoms with Crippen LogP contribution in [0.3, 0.4) is 0 Å². The molecule has 4 rings (SSSR count). The molecule has 0 radical (unpaired) electrons. The number of aromatic hydroxyl groups is 1. The van der Waals surface area contributed by atoms with Crippen molar-refractivity contribution in [3.63, 3.8) is 0 Å². The first kappa shape index (κ1) is 12.2. The molecule has 0 aliphatic rings. The Morgan fingerprint density at radius 3 is 2.52 bits per heavy atom. The Bertz CT molecular complexity index is 923. The molecule has 102 valence electrons. The van der Waals surface area contributed by atoms with E-state index in [1.54, 1.807) is 18.2 Å². The fraction of sp³-hybridized carbons (Fsp3) is 0. The molecule has 21 heavy (non-hydrogen) atoms. The predicted molar refractivity (Wildman–Crippen MR) is 85.7 cm³/mol. The summed E-state index contributed by atoms with van der Waals surface area (Å²) < 4.78 is 0. The number of phenols is 1. The van der Waals surface area contributed by atoms with E-state index in [-0.39, 0.29) is 5.75 Å². The maximum Gasteiger partial charge on any atom is 0.142 e. The van der Waals surface area contributed by atoms with Crippen molar-refractivity contribution in [2.24, 2.45) is 0 Å². The van der Waals surface area contributed by atoms with E-state index in [1.807, 2.05) is 18.2 Å². The lowest BCUT2D eigenvalue weighted by molar-refractivity contribution is 0.477. The number of phenolic OH excluding ortho intramolecular Hbond substituents is 1. The summed E-state index contributed by atoms with van der Waals surface area (Å²) in [6, 6.07) is 17.1. The van der Waals surface area contributed by atoms with Crippen LogP contribution in [0.2, 0.25) is 5.02 Å². The Kier molecular flexibility index (Phi) is 2.62. The highest BCUT2D eigenvalue weighted by Crippen LogP contribution is 2.32. The van der Waals surface area contributed by atoms with Gasteiger partial charge in [-0.3, -0.25) is 0 Å². The van der Waals surface area contributed by atoms with E-state index in [2.05, 4.69) is 28.2 Å². The first-order valence-electron chi connectivity index (χ1n) is 6.58. The number of aromatic amines is 1. The number of H-pyrrole nitrogens is 1. The smallest absolute Gasteiger partial charge is 0.142 e. The van der Waals surface area contributed by atoms with Crippen LogP contribution in [-0.4, -0.2) is 15.1 Å². The summed E-state index contributed by atoms with van der Waals surface area (Å²) in [6.07, 6.45) is 0. The number of imidazole rings is 1. The van der Waals surface area contributed by atoms with Crippen molar-refractivity contribution < 1.29 is 5.11 Å². The lowest BCUT2D eigenvalue weighted by Crippen LogP contribution is -1.81. The minimum absolute atomic E-state index is 0.156. The Labute approximate surface area is 125 Å². The molecule has 0 saturated heterocycles. The number of halogens is 1. The average molecular weight is 295 g/mol. The second kappa shape index (κ2) is 4.50. The summed E-state index contributed by atoms with van der Waals surface area (Å²) in [4.78, 5) is 7.80. The molecule has 4 aromatic rings. The second-order valence-electron chi connectivity index (χ2n) is 4.96. The first-order chi connectivity index (χ1) is 10.2. The number of hydrogen-bond donors (Lipinski definition) is 2. The quantitative estimate of drug-likeness (QED) is 0.532. The van der Waals surface area contributed by atoms with Crippen LogP contribution >= 0.6 is 11.6 Å². The highest BCUT2D eigenvalue weighted by molar-refractivity contribution is 6.30. The zero-order valence-corrected chi connectivity index (χ0v) is 11.7. The lowest BCUT2D eigenvalue weighted by atomic mass is 10.1. The number of nitrogens with one attached hydrogen (secondary N) is 1. The fourth-order valence-corrected chi connectivity index (χ4v) is 2.69. The van der Waals surface area contributed by atoms with E-state index >= 15 is 0 Å². The largest absolute Gasteiger partial charge is 0.507 e. The van der Waals surface area contributed by atoms with Crippen molar-refractivity contribution in [1.82, 2.24) is 9.97 Å². The number of aromatic nitrogens is 2. The van der Waals surface area contributed by atoms with Gasteiger partial charge in [-0.2, -0.15) is 0 Å². The maximum absolute atomic E-state index is 9.98. The van der Waals surface area contributed by atoms with Gasteiger partial charge in [0.1, 0.15) is 11.6 Å². The monoisotopic (exact) mass is 294 g/mol. The van der Waals surface area contributed by atoms with Crippen LogP contribution in [0.4, 0.5) is 0 Å². The second-order valence-corrected chi connectivity index (χ2v) is 5.40. The van der Waals surface area contributed by atoms with E-state index in [9.17, 15) is 5.11 Å². The molecular weight excluding hydrogens is 284 g/mol. The van der Waals surface area contributed by atoms with E-state index in [0.29, 0.717) is 16.4 Å². The van der Waals surface area contributed by atoms with Gasteiger partial charge >= 0.3 is 0 Å².